The maximum atomic E-state index is 12.9. The van der Waals surface area contributed by atoms with E-state index in [9.17, 15) is 22.8 Å². The summed E-state index contributed by atoms with van der Waals surface area (Å²) in [5.41, 5.74) is 0.438. The van der Waals surface area contributed by atoms with Gasteiger partial charge in [0.25, 0.3) is 11.8 Å². The van der Waals surface area contributed by atoms with Crippen molar-refractivity contribution in [1.82, 2.24) is 4.90 Å². The molecular formula is C20H15Cl4NO6S. The Hall–Kier alpha value is -1.84. The minimum absolute atomic E-state index is 0.0361. The second-order valence-corrected chi connectivity index (χ2v) is 11.0. The lowest BCUT2D eigenvalue weighted by atomic mass is 10.1. The quantitative estimate of drug-likeness (QED) is 0.381. The third-order valence-electron chi connectivity index (χ3n) is 4.67. The molecule has 0 fully saturated rings. The highest BCUT2D eigenvalue weighted by Crippen LogP contribution is 2.33. The summed E-state index contributed by atoms with van der Waals surface area (Å²) in [5, 5.41) is 0.686. The van der Waals surface area contributed by atoms with E-state index in [-0.39, 0.29) is 39.2 Å². The van der Waals surface area contributed by atoms with Crippen LogP contribution in [-0.4, -0.2) is 49.2 Å². The number of nitrogens with zero attached hydrogens (tertiary/aromatic N) is 1. The van der Waals surface area contributed by atoms with E-state index in [4.69, 9.17) is 51.1 Å². The summed E-state index contributed by atoms with van der Waals surface area (Å²) < 4.78 is 28.7. The van der Waals surface area contributed by atoms with Crippen LogP contribution in [0.3, 0.4) is 0 Å². The first-order valence-electron chi connectivity index (χ1n) is 9.04. The van der Waals surface area contributed by atoms with Gasteiger partial charge in [-0.3, -0.25) is 14.5 Å². The van der Waals surface area contributed by atoms with Crippen LogP contribution in [0.4, 0.5) is 0 Å². The van der Waals surface area contributed by atoms with E-state index in [1.165, 1.54) is 24.3 Å². The maximum absolute atomic E-state index is 12.9. The van der Waals surface area contributed by atoms with Crippen molar-refractivity contribution in [3.05, 3.63) is 67.1 Å². The van der Waals surface area contributed by atoms with E-state index in [1.807, 2.05) is 0 Å². The standard InChI is InChI=1S/C20H15Cl4NO6S/c1-32(29,30)5-4-17(20(28)31-9-10-2-3-13(21)14(22)6-10)25-18(26)11-7-15(23)16(24)8-12(11)19(25)27/h2-3,6-8,17H,4-5,9H2,1H3/t17-/m0/s1. The average Bonchev–Trinajstić information content (AvgIpc) is 2.93. The summed E-state index contributed by atoms with van der Waals surface area (Å²) in [6.45, 7) is -0.230. The van der Waals surface area contributed by atoms with Gasteiger partial charge in [-0.15, -0.1) is 0 Å². The van der Waals surface area contributed by atoms with Crippen LogP contribution >= 0.6 is 46.4 Å². The molecule has 12 heteroatoms. The molecule has 170 valence electrons. The molecule has 1 atom stereocenters. The first-order chi connectivity index (χ1) is 14.9. The average molecular weight is 539 g/mol. The zero-order valence-electron chi connectivity index (χ0n) is 16.4. The van der Waals surface area contributed by atoms with Crippen LogP contribution in [0.25, 0.3) is 0 Å². The number of sulfone groups is 1. The van der Waals surface area contributed by atoms with E-state index in [0.717, 1.165) is 6.26 Å². The van der Waals surface area contributed by atoms with Crippen molar-refractivity contribution < 1.29 is 27.5 Å². The second kappa shape index (κ2) is 9.57. The summed E-state index contributed by atoms with van der Waals surface area (Å²) in [6, 6.07) is 5.58. The molecule has 0 unspecified atom stereocenters. The number of halogens is 4. The molecule has 0 aliphatic carbocycles. The summed E-state index contributed by atoms with van der Waals surface area (Å²) in [4.78, 5) is 39.4. The summed E-state index contributed by atoms with van der Waals surface area (Å²) in [5.74, 6) is -3.00. The predicted octanol–water partition coefficient (Wildman–Crippen LogP) is 4.44. The summed E-state index contributed by atoms with van der Waals surface area (Å²) in [7, 11) is -3.51. The third-order valence-corrected chi connectivity index (χ3v) is 7.11. The molecule has 2 aromatic carbocycles. The molecule has 2 amide bonds. The number of fused-ring (bicyclic) bond motifs is 1. The van der Waals surface area contributed by atoms with Gasteiger partial charge in [-0.05, 0) is 36.2 Å². The lowest BCUT2D eigenvalue weighted by Crippen LogP contribution is -2.46. The lowest BCUT2D eigenvalue weighted by molar-refractivity contribution is -0.149. The van der Waals surface area contributed by atoms with Crippen LogP contribution in [0.15, 0.2) is 30.3 Å². The third kappa shape index (κ3) is 5.38. The molecular weight excluding hydrogens is 524 g/mol. The highest BCUT2D eigenvalue weighted by Gasteiger charge is 2.44. The fraction of sp³-hybridized carbons (Fsp3) is 0.250. The molecule has 32 heavy (non-hydrogen) atoms. The molecule has 0 aromatic heterocycles. The molecule has 0 radical (unpaired) electrons. The number of esters is 1. The van der Waals surface area contributed by atoms with Gasteiger partial charge in [0, 0.05) is 6.26 Å². The number of imide groups is 1. The van der Waals surface area contributed by atoms with Gasteiger partial charge in [0.05, 0.1) is 37.0 Å². The van der Waals surface area contributed by atoms with Gasteiger partial charge < -0.3 is 4.74 Å². The highest BCUT2D eigenvalue weighted by molar-refractivity contribution is 7.90. The Balaban J connectivity index is 1.88. The Morgan fingerprint density at radius 3 is 1.97 bits per heavy atom. The molecule has 0 saturated heterocycles. The number of amides is 2. The maximum Gasteiger partial charge on any atom is 0.329 e. The van der Waals surface area contributed by atoms with Gasteiger partial charge in [0.15, 0.2) is 0 Å². The number of carbonyl (C=O) groups excluding carboxylic acids is 3. The number of hydrogen-bond acceptors (Lipinski definition) is 6. The normalized spacial score (nSPS) is 14.5. The number of carbonyl (C=O) groups is 3. The van der Waals surface area contributed by atoms with Crippen molar-refractivity contribution in [1.29, 1.82) is 0 Å². The van der Waals surface area contributed by atoms with E-state index < -0.39 is 39.4 Å². The van der Waals surface area contributed by atoms with Crippen LogP contribution in [0.5, 0.6) is 0 Å². The van der Waals surface area contributed by atoms with Gasteiger partial charge in [0.2, 0.25) is 0 Å². The predicted molar refractivity (Wildman–Crippen MR) is 121 cm³/mol. The minimum atomic E-state index is -3.51. The topological polar surface area (TPSA) is 97.8 Å². The van der Waals surface area contributed by atoms with Gasteiger partial charge in [-0.1, -0.05) is 52.5 Å². The zero-order chi connectivity index (χ0) is 23.8. The Bertz CT molecular complexity index is 1190. The van der Waals surface area contributed by atoms with Crippen molar-refractivity contribution in [3.63, 3.8) is 0 Å². The van der Waals surface area contributed by atoms with Gasteiger partial charge in [-0.25, -0.2) is 13.2 Å². The van der Waals surface area contributed by atoms with Gasteiger partial charge >= 0.3 is 5.97 Å². The van der Waals surface area contributed by atoms with Crippen LogP contribution in [0, 0.1) is 0 Å². The second-order valence-electron chi connectivity index (χ2n) is 7.08. The molecule has 1 aliphatic heterocycles. The molecule has 0 spiro atoms. The van der Waals surface area contributed by atoms with Crippen LogP contribution in [0.1, 0.15) is 32.7 Å². The first kappa shape index (κ1) is 24.8. The number of ether oxygens (including phenoxy) is 1. The van der Waals surface area contributed by atoms with E-state index >= 15 is 0 Å². The van der Waals surface area contributed by atoms with Crippen molar-refractivity contribution in [2.24, 2.45) is 0 Å². The molecule has 7 nitrogen and oxygen atoms in total. The molecule has 2 aromatic rings. The van der Waals surface area contributed by atoms with Gasteiger partial charge in [0.1, 0.15) is 22.5 Å². The van der Waals surface area contributed by atoms with Crippen LogP contribution in [-0.2, 0) is 26.0 Å². The van der Waals surface area contributed by atoms with E-state index in [0.29, 0.717) is 15.5 Å². The molecule has 0 saturated carbocycles. The Labute approximate surface area is 204 Å². The fourth-order valence-electron chi connectivity index (χ4n) is 3.09. The Morgan fingerprint density at radius 1 is 0.938 bits per heavy atom. The highest BCUT2D eigenvalue weighted by atomic mass is 35.5. The van der Waals surface area contributed by atoms with Crippen molar-refractivity contribution in [2.75, 3.05) is 12.0 Å². The number of hydrogen-bond donors (Lipinski definition) is 0. The lowest BCUT2D eigenvalue weighted by Gasteiger charge is -2.24. The summed E-state index contributed by atoms with van der Waals surface area (Å²) in [6.07, 6.45) is 0.638. The molecule has 3 rings (SSSR count). The van der Waals surface area contributed by atoms with Crippen molar-refractivity contribution >= 4 is 74.0 Å². The van der Waals surface area contributed by atoms with Crippen LogP contribution < -0.4 is 0 Å². The van der Waals surface area contributed by atoms with E-state index in [1.54, 1.807) is 6.07 Å². The fourth-order valence-corrected chi connectivity index (χ4v) is 4.39. The smallest absolute Gasteiger partial charge is 0.329 e. The Kier molecular flexibility index (Phi) is 7.41. The molecule has 1 heterocycles. The SMILES string of the molecule is CS(=O)(=O)CC[C@@H](C(=O)OCc1ccc(Cl)c(Cl)c1)N1C(=O)c2cc(Cl)c(Cl)cc2C1=O. The van der Waals surface area contributed by atoms with E-state index in [2.05, 4.69) is 0 Å². The summed E-state index contributed by atoms with van der Waals surface area (Å²) >= 11 is 23.7. The molecule has 0 N–H and O–H groups in total. The van der Waals surface area contributed by atoms with Crippen LogP contribution in [0.2, 0.25) is 20.1 Å². The largest absolute Gasteiger partial charge is 0.459 e. The van der Waals surface area contributed by atoms with Gasteiger partial charge in [-0.2, -0.15) is 0 Å². The van der Waals surface area contributed by atoms with Crippen molar-refractivity contribution in [3.8, 4) is 0 Å². The first-order valence-corrected chi connectivity index (χ1v) is 12.6. The molecule has 0 bridgehead atoms. The monoisotopic (exact) mass is 537 g/mol. The van der Waals surface area contributed by atoms with Crippen molar-refractivity contribution in [2.45, 2.75) is 19.1 Å². The Morgan fingerprint density at radius 2 is 1.47 bits per heavy atom. The number of rotatable bonds is 7. The number of benzene rings is 2. The molecule has 1 aliphatic rings. The minimum Gasteiger partial charge on any atom is -0.459 e. The zero-order valence-corrected chi connectivity index (χ0v) is 20.2.